The normalized spacial score (nSPS) is 29.3. The molecule has 0 aromatic heterocycles. The lowest BCUT2D eigenvalue weighted by molar-refractivity contribution is -0.133. The smallest absolute Gasteiger partial charge is 0.227 e. The highest BCUT2D eigenvalue weighted by Crippen LogP contribution is 2.40. The number of hydrogen-bond donors (Lipinski definition) is 2. The van der Waals surface area contributed by atoms with Crippen molar-refractivity contribution in [2.45, 2.75) is 71.6 Å². The maximum atomic E-state index is 12.8. The first-order chi connectivity index (χ1) is 9.66. The van der Waals surface area contributed by atoms with Crippen LogP contribution in [0.2, 0.25) is 0 Å². The van der Waals surface area contributed by atoms with E-state index >= 15 is 0 Å². The Bertz CT molecular complexity index is 309. The van der Waals surface area contributed by atoms with Crippen molar-refractivity contribution in [2.75, 3.05) is 19.6 Å². The Morgan fingerprint density at radius 3 is 2.45 bits per heavy atom. The van der Waals surface area contributed by atoms with E-state index in [4.69, 9.17) is 0 Å². The number of piperidine rings is 1. The summed E-state index contributed by atoms with van der Waals surface area (Å²) in [5.74, 6) is 0.311. The molecule has 2 N–H and O–H groups in total. The van der Waals surface area contributed by atoms with E-state index in [-0.39, 0.29) is 5.41 Å². The predicted molar refractivity (Wildman–Crippen MR) is 83.6 cm³/mol. The Labute approximate surface area is 124 Å². The molecular weight excluding hydrogens is 248 g/mol. The molecule has 0 aromatic carbocycles. The quantitative estimate of drug-likeness (QED) is 0.784. The molecule has 20 heavy (non-hydrogen) atoms. The Morgan fingerprint density at radius 1 is 1.15 bits per heavy atom. The molecule has 1 saturated heterocycles. The third-order valence-corrected chi connectivity index (χ3v) is 5.72. The number of hydrogen-bond acceptors (Lipinski definition) is 2. The van der Waals surface area contributed by atoms with Gasteiger partial charge in [-0.25, -0.2) is 0 Å². The first-order valence-corrected chi connectivity index (χ1v) is 8.65. The van der Waals surface area contributed by atoms with Crippen LogP contribution in [-0.4, -0.2) is 25.5 Å². The van der Waals surface area contributed by atoms with Crippen LogP contribution in [0.25, 0.3) is 0 Å². The van der Waals surface area contributed by atoms with Crippen LogP contribution >= 0.6 is 0 Å². The maximum absolute atomic E-state index is 12.8. The largest absolute Gasteiger partial charge is 0.355 e. The van der Waals surface area contributed by atoms with Gasteiger partial charge in [0.05, 0.1) is 5.41 Å². The van der Waals surface area contributed by atoms with Crippen molar-refractivity contribution < 1.29 is 4.79 Å². The van der Waals surface area contributed by atoms with Gasteiger partial charge in [0.1, 0.15) is 0 Å². The predicted octanol–water partition coefficient (Wildman–Crippen LogP) is 3.24. The van der Waals surface area contributed by atoms with Gasteiger partial charge in [0.15, 0.2) is 0 Å². The van der Waals surface area contributed by atoms with Gasteiger partial charge >= 0.3 is 0 Å². The molecule has 1 unspecified atom stereocenters. The van der Waals surface area contributed by atoms with Crippen LogP contribution in [0.15, 0.2) is 0 Å². The Kier molecular flexibility index (Phi) is 5.48. The SMILES string of the molecule is CCCC1(C(=O)NCC2(CC)CCCC2)CCCNC1. The topological polar surface area (TPSA) is 41.1 Å². The minimum atomic E-state index is -0.138. The average Bonchev–Trinajstić information content (AvgIpc) is 2.95. The highest BCUT2D eigenvalue weighted by atomic mass is 16.2. The number of carbonyl (C=O) groups is 1. The Balaban J connectivity index is 1.94. The summed E-state index contributed by atoms with van der Waals surface area (Å²) >= 11 is 0. The summed E-state index contributed by atoms with van der Waals surface area (Å²) in [5, 5.41) is 6.76. The van der Waals surface area contributed by atoms with Crippen molar-refractivity contribution in [3.8, 4) is 0 Å². The third kappa shape index (κ3) is 3.36. The molecule has 116 valence electrons. The molecule has 0 spiro atoms. The summed E-state index contributed by atoms with van der Waals surface area (Å²) in [4.78, 5) is 12.8. The zero-order valence-electron chi connectivity index (χ0n) is 13.4. The van der Waals surface area contributed by atoms with Crippen molar-refractivity contribution in [3.05, 3.63) is 0 Å². The standard InChI is InChI=1S/C17H32N2O/c1-3-8-17(11-7-12-18-14-17)15(20)19-13-16(4-2)9-5-6-10-16/h18H,3-14H2,1-2H3,(H,19,20). The van der Waals surface area contributed by atoms with E-state index in [9.17, 15) is 4.79 Å². The Hall–Kier alpha value is -0.570. The number of rotatable bonds is 6. The van der Waals surface area contributed by atoms with Crippen LogP contribution in [0.3, 0.4) is 0 Å². The molecule has 0 aromatic rings. The molecule has 1 amide bonds. The number of carbonyl (C=O) groups excluding carboxylic acids is 1. The zero-order valence-corrected chi connectivity index (χ0v) is 13.4. The highest BCUT2D eigenvalue weighted by Gasteiger charge is 2.40. The van der Waals surface area contributed by atoms with Gasteiger partial charge in [-0.2, -0.15) is 0 Å². The summed E-state index contributed by atoms with van der Waals surface area (Å²) in [5.41, 5.74) is 0.256. The van der Waals surface area contributed by atoms with Crippen molar-refractivity contribution >= 4 is 5.91 Å². The van der Waals surface area contributed by atoms with Crippen LogP contribution in [0.1, 0.15) is 71.6 Å². The van der Waals surface area contributed by atoms with Gasteiger partial charge in [-0.3, -0.25) is 4.79 Å². The second-order valence-electron chi connectivity index (χ2n) is 7.05. The van der Waals surface area contributed by atoms with Gasteiger partial charge in [-0.05, 0) is 50.5 Å². The average molecular weight is 280 g/mol. The highest BCUT2D eigenvalue weighted by molar-refractivity contribution is 5.83. The van der Waals surface area contributed by atoms with Gasteiger partial charge in [0, 0.05) is 13.1 Å². The van der Waals surface area contributed by atoms with Crippen LogP contribution in [0, 0.1) is 10.8 Å². The number of nitrogens with one attached hydrogen (secondary N) is 2. The second-order valence-corrected chi connectivity index (χ2v) is 7.05. The van der Waals surface area contributed by atoms with Gasteiger partial charge in [0.2, 0.25) is 5.91 Å². The van der Waals surface area contributed by atoms with Crippen LogP contribution < -0.4 is 10.6 Å². The summed E-state index contributed by atoms with van der Waals surface area (Å²) in [6.07, 6.45) is 10.8. The van der Waals surface area contributed by atoms with Crippen molar-refractivity contribution in [3.63, 3.8) is 0 Å². The van der Waals surface area contributed by atoms with E-state index < -0.39 is 0 Å². The molecule has 0 bridgehead atoms. The van der Waals surface area contributed by atoms with Crippen molar-refractivity contribution in [2.24, 2.45) is 10.8 Å². The van der Waals surface area contributed by atoms with Crippen LogP contribution in [-0.2, 0) is 4.79 Å². The summed E-state index contributed by atoms with van der Waals surface area (Å²) < 4.78 is 0. The molecule has 2 fully saturated rings. The van der Waals surface area contributed by atoms with E-state index in [2.05, 4.69) is 24.5 Å². The van der Waals surface area contributed by atoms with Gasteiger partial charge in [-0.1, -0.05) is 33.1 Å². The first kappa shape index (κ1) is 15.8. The van der Waals surface area contributed by atoms with E-state index in [1.807, 2.05) is 0 Å². The van der Waals surface area contributed by atoms with E-state index in [1.54, 1.807) is 0 Å². The van der Waals surface area contributed by atoms with E-state index in [0.29, 0.717) is 11.3 Å². The summed E-state index contributed by atoms with van der Waals surface area (Å²) in [6, 6.07) is 0. The van der Waals surface area contributed by atoms with E-state index in [0.717, 1.165) is 45.3 Å². The zero-order chi connectivity index (χ0) is 14.5. The molecule has 3 heteroatoms. The third-order valence-electron chi connectivity index (χ3n) is 5.72. The monoisotopic (exact) mass is 280 g/mol. The van der Waals surface area contributed by atoms with Crippen LogP contribution in [0.5, 0.6) is 0 Å². The first-order valence-electron chi connectivity index (χ1n) is 8.65. The molecule has 1 atom stereocenters. The fourth-order valence-electron chi connectivity index (χ4n) is 4.20. The Morgan fingerprint density at radius 2 is 1.90 bits per heavy atom. The van der Waals surface area contributed by atoms with Gasteiger partial charge in [0.25, 0.3) is 0 Å². The fourth-order valence-corrected chi connectivity index (χ4v) is 4.20. The molecule has 2 aliphatic rings. The molecule has 1 aliphatic heterocycles. The summed E-state index contributed by atoms with van der Waals surface area (Å²) in [6.45, 7) is 7.30. The van der Waals surface area contributed by atoms with E-state index in [1.165, 1.54) is 32.1 Å². The maximum Gasteiger partial charge on any atom is 0.227 e. The lowest BCUT2D eigenvalue weighted by Crippen LogP contribution is -2.52. The molecule has 0 radical (unpaired) electrons. The molecule has 3 nitrogen and oxygen atoms in total. The molecule has 2 rings (SSSR count). The van der Waals surface area contributed by atoms with Crippen LogP contribution in [0.4, 0.5) is 0 Å². The molecule has 1 saturated carbocycles. The summed E-state index contributed by atoms with van der Waals surface area (Å²) in [7, 11) is 0. The minimum Gasteiger partial charge on any atom is -0.355 e. The minimum absolute atomic E-state index is 0.138. The fraction of sp³-hybridized carbons (Fsp3) is 0.941. The molecular formula is C17H32N2O. The number of amides is 1. The second kappa shape index (κ2) is 6.93. The lowest BCUT2D eigenvalue weighted by Gasteiger charge is -2.38. The molecule has 1 aliphatic carbocycles. The van der Waals surface area contributed by atoms with Crippen molar-refractivity contribution in [1.29, 1.82) is 0 Å². The van der Waals surface area contributed by atoms with Gasteiger partial charge < -0.3 is 10.6 Å². The van der Waals surface area contributed by atoms with Gasteiger partial charge in [-0.15, -0.1) is 0 Å². The molecule has 1 heterocycles. The lowest BCUT2D eigenvalue weighted by atomic mass is 9.75. The van der Waals surface area contributed by atoms with Crippen molar-refractivity contribution in [1.82, 2.24) is 10.6 Å².